The molecule has 1 unspecified atom stereocenters. The van der Waals surface area contributed by atoms with Gasteiger partial charge >= 0.3 is 5.97 Å². The van der Waals surface area contributed by atoms with Crippen LogP contribution >= 0.6 is 12.6 Å². The molecule has 0 saturated heterocycles. The van der Waals surface area contributed by atoms with Gasteiger partial charge in [0.2, 0.25) is 5.91 Å². The Labute approximate surface area is 209 Å². The molecule has 0 aliphatic rings. The summed E-state index contributed by atoms with van der Waals surface area (Å²) in [5, 5.41) is 14.8. The van der Waals surface area contributed by atoms with E-state index in [4.69, 9.17) is 0 Å². The van der Waals surface area contributed by atoms with E-state index in [0.717, 1.165) is 5.56 Å². The summed E-state index contributed by atoms with van der Waals surface area (Å²) in [7, 11) is 0. The van der Waals surface area contributed by atoms with Gasteiger partial charge in [0.1, 0.15) is 12.1 Å². The molecule has 35 heavy (non-hydrogen) atoms. The second kappa shape index (κ2) is 12.5. The monoisotopic (exact) mass is 490 g/mol. The highest BCUT2D eigenvalue weighted by atomic mass is 32.1. The molecule has 0 radical (unpaired) electrons. The summed E-state index contributed by atoms with van der Waals surface area (Å²) in [5.74, 6) is -2.47. The van der Waals surface area contributed by atoms with Crippen LogP contribution in [0.4, 0.5) is 0 Å². The number of amides is 2. The third kappa shape index (κ3) is 7.04. The Hall–Kier alpha value is -3.91. The summed E-state index contributed by atoms with van der Waals surface area (Å²) < 4.78 is 0. The fraction of sp³-hybridized carbons (Fsp3) is 0.185. The lowest BCUT2D eigenvalue weighted by atomic mass is 9.97. The van der Waals surface area contributed by atoms with Gasteiger partial charge in [-0.3, -0.25) is 14.4 Å². The molecule has 2 atom stereocenters. The van der Waals surface area contributed by atoms with Crippen molar-refractivity contribution in [1.82, 2.24) is 10.6 Å². The highest BCUT2D eigenvalue weighted by Crippen LogP contribution is 2.15. The number of carboxylic acid groups (broad SMARTS) is 1. The predicted octanol–water partition coefficient (Wildman–Crippen LogP) is 3.15. The van der Waals surface area contributed by atoms with Gasteiger partial charge in [-0.25, -0.2) is 4.79 Å². The molecule has 8 heteroatoms. The third-order valence-electron chi connectivity index (χ3n) is 5.39. The summed E-state index contributed by atoms with van der Waals surface area (Å²) in [4.78, 5) is 50.8. The fourth-order valence-corrected chi connectivity index (χ4v) is 3.84. The number of carbonyl (C=O) groups is 4. The Bertz CT molecular complexity index is 1180. The number of hydrogen-bond donors (Lipinski definition) is 4. The minimum absolute atomic E-state index is 0.0951. The van der Waals surface area contributed by atoms with Crippen LogP contribution in [0.5, 0.6) is 0 Å². The first kappa shape index (κ1) is 25.7. The number of thiol groups is 1. The molecule has 0 aliphatic heterocycles. The maximum absolute atomic E-state index is 13.1. The number of ketones is 1. The van der Waals surface area contributed by atoms with Crippen LogP contribution in [-0.2, 0) is 16.0 Å². The third-order valence-corrected chi connectivity index (χ3v) is 5.65. The molecular weight excluding hydrogens is 464 g/mol. The number of rotatable bonds is 11. The first-order valence-electron chi connectivity index (χ1n) is 11.1. The molecule has 0 aromatic heterocycles. The van der Waals surface area contributed by atoms with E-state index in [-0.39, 0.29) is 35.5 Å². The van der Waals surface area contributed by atoms with E-state index in [9.17, 15) is 24.3 Å². The Morgan fingerprint density at radius 2 is 1.31 bits per heavy atom. The summed E-state index contributed by atoms with van der Waals surface area (Å²) in [5.41, 5.74) is 1.51. The first-order chi connectivity index (χ1) is 16.9. The molecule has 0 aliphatic carbocycles. The maximum Gasteiger partial charge on any atom is 0.326 e. The Morgan fingerprint density at radius 1 is 0.743 bits per heavy atom. The normalized spacial score (nSPS) is 12.3. The highest BCUT2D eigenvalue weighted by Gasteiger charge is 2.28. The lowest BCUT2D eigenvalue weighted by Gasteiger charge is -2.21. The Balaban J connectivity index is 1.76. The van der Waals surface area contributed by atoms with Gasteiger partial charge in [-0.15, -0.1) is 0 Å². The van der Waals surface area contributed by atoms with Crippen molar-refractivity contribution in [1.29, 1.82) is 0 Å². The second-order valence-electron chi connectivity index (χ2n) is 7.87. The summed E-state index contributed by atoms with van der Waals surface area (Å²) in [6.45, 7) is 0. The number of nitrogens with one attached hydrogen (secondary N) is 2. The van der Waals surface area contributed by atoms with Gasteiger partial charge in [-0.05, 0) is 23.8 Å². The van der Waals surface area contributed by atoms with Crippen molar-refractivity contribution in [3.8, 4) is 0 Å². The zero-order valence-electron chi connectivity index (χ0n) is 18.9. The van der Waals surface area contributed by atoms with Crippen molar-refractivity contribution in [2.75, 3.05) is 5.75 Å². The van der Waals surface area contributed by atoms with E-state index >= 15 is 0 Å². The van der Waals surface area contributed by atoms with Crippen LogP contribution in [0.1, 0.15) is 38.3 Å². The summed E-state index contributed by atoms with van der Waals surface area (Å²) in [6, 6.07) is 21.7. The molecule has 7 nitrogen and oxygen atoms in total. The molecule has 0 saturated carbocycles. The molecule has 180 valence electrons. The number of aliphatic carboxylic acids is 1. The number of hydrogen-bond acceptors (Lipinski definition) is 5. The quantitative estimate of drug-likeness (QED) is 0.244. The number of benzene rings is 3. The fourth-order valence-electron chi connectivity index (χ4n) is 3.58. The van der Waals surface area contributed by atoms with Gasteiger partial charge < -0.3 is 15.7 Å². The Morgan fingerprint density at radius 3 is 1.91 bits per heavy atom. The smallest absolute Gasteiger partial charge is 0.326 e. The van der Waals surface area contributed by atoms with E-state index in [1.54, 1.807) is 72.8 Å². The largest absolute Gasteiger partial charge is 0.480 e. The molecular formula is C27H26N2O5S. The van der Waals surface area contributed by atoms with E-state index < -0.39 is 29.9 Å². The zero-order chi connectivity index (χ0) is 25.2. The van der Waals surface area contributed by atoms with Crippen LogP contribution in [0.3, 0.4) is 0 Å². The van der Waals surface area contributed by atoms with Crippen LogP contribution in [0.25, 0.3) is 0 Å². The van der Waals surface area contributed by atoms with Gasteiger partial charge in [0.25, 0.3) is 5.91 Å². The molecule has 0 fully saturated rings. The van der Waals surface area contributed by atoms with Gasteiger partial charge in [-0.1, -0.05) is 78.9 Å². The number of carbonyl (C=O) groups excluding carboxylic acids is 3. The van der Waals surface area contributed by atoms with E-state index in [2.05, 4.69) is 23.3 Å². The second-order valence-corrected chi connectivity index (χ2v) is 8.32. The van der Waals surface area contributed by atoms with Crippen LogP contribution < -0.4 is 10.6 Å². The minimum atomic E-state index is -1.18. The summed E-state index contributed by atoms with van der Waals surface area (Å²) >= 11 is 4.17. The predicted molar refractivity (Wildman–Crippen MR) is 136 cm³/mol. The van der Waals surface area contributed by atoms with Crippen molar-refractivity contribution in [3.63, 3.8) is 0 Å². The van der Waals surface area contributed by atoms with Crippen molar-refractivity contribution >= 4 is 36.2 Å². The molecule has 2 amide bonds. The summed E-state index contributed by atoms with van der Waals surface area (Å²) in [6.07, 6.45) is 0.269. The zero-order valence-corrected chi connectivity index (χ0v) is 19.8. The Kier molecular flexibility index (Phi) is 9.20. The van der Waals surface area contributed by atoms with Crippen molar-refractivity contribution in [3.05, 3.63) is 107 Å². The SMILES string of the molecule is O=C(NC(CCS)C(=O)N[C@H](Cc1ccccc1)C(=O)O)c1ccccc1C(=O)c1ccccc1. The molecule has 3 rings (SSSR count). The van der Waals surface area contributed by atoms with Gasteiger partial charge in [0.05, 0.1) is 5.56 Å². The molecule has 0 spiro atoms. The van der Waals surface area contributed by atoms with E-state index in [1.807, 2.05) is 6.07 Å². The standard InChI is InChI=1S/C27H26N2O5S/c30-24(19-11-5-2-6-12-19)20-13-7-8-14-21(20)25(31)28-22(15-16-35)26(32)29-23(27(33)34)17-18-9-3-1-4-10-18/h1-14,22-23,35H,15-17H2,(H,28,31)(H,29,32)(H,33,34)/t22?,23-/m1/s1. The van der Waals surface area contributed by atoms with Gasteiger partial charge in [0.15, 0.2) is 5.78 Å². The average Bonchev–Trinajstić information content (AvgIpc) is 2.88. The van der Waals surface area contributed by atoms with Crippen LogP contribution in [0, 0.1) is 0 Å². The van der Waals surface area contributed by atoms with Crippen LogP contribution in [-0.4, -0.2) is 46.5 Å². The van der Waals surface area contributed by atoms with Gasteiger partial charge in [-0.2, -0.15) is 12.6 Å². The van der Waals surface area contributed by atoms with Crippen LogP contribution in [0.15, 0.2) is 84.9 Å². The molecule has 0 bridgehead atoms. The molecule has 3 aromatic carbocycles. The van der Waals surface area contributed by atoms with Gasteiger partial charge in [0, 0.05) is 17.5 Å². The lowest BCUT2D eigenvalue weighted by molar-refractivity contribution is -0.142. The van der Waals surface area contributed by atoms with Crippen LogP contribution in [0.2, 0.25) is 0 Å². The average molecular weight is 491 g/mol. The number of carboxylic acids is 1. The van der Waals surface area contributed by atoms with Crippen molar-refractivity contribution < 1.29 is 24.3 Å². The molecule has 3 aromatic rings. The van der Waals surface area contributed by atoms with Crippen molar-refractivity contribution in [2.45, 2.75) is 24.9 Å². The minimum Gasteiger partial charge on any atom is -0.480 e. The first-order valence-corrected chi connectivity index (χ1v) is 11.7. The molecule has 0 heterocycles. The van der Waals surface area contributed by atoms with Crippen molar-refractivity contribution in [2.24, 2.45) is 0 Å². The topological polar surface area (TPSA) is 113 Å². The maximum atomic E-state index is 13.1. The highest BCUT2D eigenvalue weighted by molar-refractivity contribution is 7.80. The van der Waals surface area contributed by atoms with E-state index in [0.29, 0.717) is 5.56 Å². The molecule has 3 N–H and O–H groups in total. The lowest BCUT2D eigenvalue weighted by Crippen LogP contribution is -2.52. The van der Waals surface area contributed by atoms with E-state index in [1.165, 1.54) is 6.07 Å².